The second-order valence-electron chi connectivity index (χ2n) is 5.88. The number of hydrogen-bond acceptors (Lipinski definition) is 7. The molecule has 150 valence electrons. The maximum atomic E-state index is 12.4. The lowest BCUT2D eigenvalue weighted by molar-refractivity contribution is -0.384. The quantitative estimate of drug-likeness (QED) is 0.331. The highest BCUT2D eigenvalue weighted by Crippen LogP contribution is 2.22. The average molecular weight is 436 g/mol. The van der Waals surface area contributed by atoms with Gasteiger partial charge in [-0.2, -0.15) is 0 Å². The number of carbonyl (C=O) groups is 1. The summed E-state index contributed by atoms with van der Waals surface area (Å²) in [7, 11) is 0. The van der Waals surface area contributed by atoms with E-state index in [1.807, 2.05) is 0 Å². The summed E-state index contributed by atoms with van der Waals surface area (Å²) >= 11 is 11.8. The van der Waals surface area contributed by atoms with E-state index < -0.39 is 10.8 Å². The molecular formula is C17H15Cl2N7O3. The van der Waals surface area contributed by atoms with Crippen LogP contribution in [0.15, 0.2) is 36.5 Å². The van der Waals surface area contributed by atoms with Crippen molar-refractivity contribution in [2.45, 2.75) is 6.92 Å². The Morgan fingerprint density at radius 3 is 2.79 bits per heavy atom. The zero-order chi connectivity index (χ0) is 21.0. The topological polar surface area (TPSA) is 128 Å². The number of nitro groups is 1. The molecule has 1 amide bonds. The summed E-state index contributed by atoms with van der Waals surface area (Å²) in [5.74, 6) is 0.0363. The van der Waals surface area contributed by atoms with Crippen LogP contribution in [0, 0.1) is 17.0 Å². The number of amides is 1. The van der Waals surface area contributed by atoms with E-state index in [4.69, 9.17) is 23.2 Å². The highest BCUT2D eigenvalue weighted by atomic mass is 35.5. The summed E-state index contributed by atoms with van der Waals surface area (Å²) < 4.78 is 1.37. The maximum Gasteiger partial charge on any atom is 0.273 e. The molecule has 2 N–H and O–H groups in total. The molecule has 12 heteroatoms. The number of carbonyl (C=O) groups excluding carboxylic acids is 1. The van der Waals surface area contributed by atoms with Gasteiger partial charge in [0.15, 0.2) is 5.69 Å². The van der Waals surface area contributed by atoms with Crippen LogP contribution in [0.2, 0.25) is 10.0 Å². The van der Waals surface area contributed by atoms with Crippen LogP contribution in [0.25, 0.3) is 5.69 Å². The third-order valence-electron chi connectivity index (χ3n) is 3.91. The molecule has 29 heavy (non-hydrogen) atoms. The first-order valence-electron chi connectivity index (χ1n) is 8.37. The van der Waals surface area contributed by atoms with Gasteiger partial charge in [0.2, 0.25) is 0 Å². The molecule has 0 spiro atoms. The third kappa shape index (κ3) is 4.79. The lowest BCUT2D eigenvalue weighted by atomic mass is 10.2. The molecule has 0 saturated heterocycles. The first-order chi connectivity index (χ1) is 13.9. The van der Waals surface area contributed by atoms with Crippen LogP contribution in [0.5, 0.6) is 0 Å². The number of pyridine rings is 1. The number of nitro benzene ring substituents is 1. The lowest BCUT2D eigenvalue weighted by Crippen LogP contribution is -2.29. The van der Waals surface area contributed by atoms with Gasteiger partial charge in [0.1, 0.15) is 5.82 Å². The molecule has 0 aliphatic rings. The number of aromatic nitrogens is 4. The number of hydrogen-bond donors (Lipinski definition) is 2. The Kier molecular flexibility index (Phi) is 6.25. The fourth-order valence-corrected chi connectivity index (χ4v) is 2.95. The highest BCUT2D eigenvalue weighted by Gasteiger charge is 2.18. The second kappa shape index (κ2) is 8.84. The average Bonchev–Trinajstić information content (AvgIpc) is 3.08. The van der Waals surface area contributed by atoms with Crippen LogP contribution in [-0.4, -0.2) is 43.9 Å². The van der Waals surface area contributed by atoms with E-state index in [2.05, 4.69) is 25.9 Å². The molecule has 0 saturated carbocycles. The number of nitrogens with one attached hydrogen (secondary N) is 2. The number of rotatable bonds is 7. The molecular weight excluding hydrogens is 421 g/mol. The van der Waals surface area contributed by atoms with Crippen molar-refractivity contribution >= 4 is 40.6 Å². The SMILES string of the molecule is Cc1c(C(=O)NCCNc2ncc(Cl)cc2Cl)nnn1-c1cccc([N+](=O)[O-])c1. The van der Waals surface area contributed by atoms with E-state index >= 15 is 0 Å². The van der Waals surface area contributed by atoms with Crippen molar-refractivity contribution in [3.05, 3.63) is 68.1 Å². The summed E-state index contributed by atoms with van der Waals surface area (Å²) in [4.78, 5) is 26.9. The molecule has 2 aromatic heterocycles. The Bertz CT molecular complexity index is 1070. The van der Waals surface area contributed by atoms with Gasteiger partial charge in [-0.05, 0) is 19.1 Å². The standard InChI is InChI=1S/C17H15Cl2N7O3/c1-10-15(23-24-25(10)12-3-2-4-13(8-12)26(28)29)17(27)21-6-5-20-16-14(19)7-11(18)9-22-16/h2-4,7-9H,5-6H2,1H3,(H,20,22)(H,21,27). The van der Waals surface area contributed by atoms with Crippen LogP contribution in [-0.2, 0) is 0 Å². The van der Waals surface area contributed by atoms with Gasteiger partial charge in [0.05, 0.1) is 26.3 Å². The Labute approximate surface area is 175 Å². The van der Waals surface area contributed by atoms with Gasteiger partial charge in [-0.1, -0.05) is 34.5 Å². The molecule has 0 unspecified atom stereocenters. The molecule has 0 aliphatic heterocycles. The van der Waals surface area contributed by atoms with Crippen molar-refractivity contribution in [1.29, 1.82) is 0 Å². The molecule has 0 bridgehead atoms. The third-order valence-corrected chi connectivity index (χ3v) is 4.40. The van der Waals surface area contributed by atoms with Crippen molar-refractivity contribution in [3.8, 4) is 5.69 Å². The fourth-order valence-electron chi connectivity index (χ4n) is 2.51. The van der Waals surface area contributed by atoms with Gasteiger partial charge in [-0.25, -0.2) is 9.67 Å². The minimum absolute atomic E-state index is 0.0797. The van der Waals surface area contributed by atoms with Gasteiger partial charge in [0, 0.05) is 31.4 Å². The molecule has 0 radical (unpaired) electrons. The Morgan fingerprint density at radius 2 is 2.07 bits per heavy atom. The van der Waals surface area contributed by atoms with E-state index in [9.17, 15) is 14.9 Å². The van der Waals surface area contributed by atoms with E-state index in [0.29, 0.717) is 33.8 Å². The molecule has 0 fully saturated rings. The zero-order valence-electron chi connectivity index (χ0n) is 15.1. The summed E-state index contributed by atoms with van der Waals surface area (Å²) in [6.45, 7) is 2.31. The van der Waals surface area contributed by atoms with Gasteiger partial charge in [-0.3, -0.25) is 14.9 Å². The predicted molar refractivity (Wildman–Crippen MR) is 108 cm³/mol. The van der Waals surface area contributed by atoms with Crippen LogP contribution >= 0.6 is 23.2 Å². The van der Waals surface area contributed by atoms with E-state index in [1.54, 1.807) is 19.1 Å². The van der Waals surface area contributed by atoms with Crippen molar-refractivity contribution < 1.29 is 9.72 Å². The molecule has 1 aromatic carbocycles. The Hall–Kier alpha value is -3.24. The molecule has 3 rings (SSSR count). The number of halogens is 2. The number of benzene rings is 1. The number of anilines is 1. The summed E-state index contributed by atoms with van der Waals surface area (Å²) in [5.41, 5.74) is 0.940. The van der Waals surface area contributed by atoms with Crippen LogP contribution in [0.3, 0.4) is 0 Å². The Balaban J connectivity index is 1.62. The predicted octanol–water partition coefficient (Wildman–Crippen LogP) is 3.03. The van der Waals surface area contributed by atoms with Gasteiger partial charge >= 0.3 is 0 Å². The molecule has 0 atom stereocenters. The second-order valence-corrected chi connectivity index (χ2v) is 6.72. The van der Waals surface area contributed by atoms with E-state index in [0.717, 1.165) is 0 Å². The maximum absolute atomic E-state index is 12.4. The highest BCUT2D eigenvalue weighted by molar-refractivity contribution is 6.35. The van der Waals surface area contributed by atoms with Crippen LogP contribution < -0.4 is 10.6 Å². The number of non-ortho nitro benzene ring substituents is 1. The van der Waals surface area contributed by atoms with Gasteiger partial charge in [-0.15, -0.1) is 5.10 Å². The molecule has 0 aliphatic carbocycles. The molecule has 3 aromatic rings. The van der Waals surface area contributed by atoms with Crippen LogP contribution in [0.4, 0.5) is 11.5 Å². The van der Waals surface area contributed by atoms with E-state index in [1.165, 1.54) is 29.1 Å². The first kappa shape index (κ1) is 20.5. The summed E-state index contributed by atoms with van der Waals surface area (Å²) in [6.07, 6.45) is 1.46. The van der Waals surface area contributed by atoms with Crippen molar-refractivity contribution in [2.75, 3.05) is 18.4 Å². The number of nitrogens with zero attached hydrogens (tertiary/aromatic N) is 5. The van der Waals surface area contributed by atoms with Crippen molar-refractivity contribution in [2.24, 2.45) is 0 Å². The Morgan fingerprint density at radius 1 is 1.28 bits per heavy atom. The fraction of sp³-hybridized carbons (Fsp3) is 0.176. The first-order valence-corrected chi connectivity index (χ1v) is 9.12. The van der Waals surface area contributed by atoms with Gasteiger partial charge in [0.25, 0.3) is 11.6 Å². The molecule has 10 nitrogen and oxygen atoms in total. The van der Waals surface area contributed by atoms with Crippen molar-refractivity contribution in [1.82, 2.24) is 25.3 Å². The largest absolute Gasteiger partial charge is 0.367 e. The van der Waals surface area contributed by atoms with E-state index in [-0.39, 0.29) is 17.9 Å². The minimum Gasteiger partial charge on any atom is -0.367 e. The zero-order valence-corrected chi connectivity index (χ0v) is 16.6. The molecule has 2 heterocycles. The monoisotopic (exact) mass is 435 g/mol. The van der Waals surface area contributed by atoms with Crippen molar-refractivity contribution in [3.63, 3.8) is 0 Å². The smallest absolute Gasteiger partial charge is 0.273 e. The summed E-state index contributed by atoms with van der Waals surface area (Å²) in [6, 6.07) is 7.47. The lowest BCUT2D eigenvalue weighted by Gasteiger charge is -2.08. The minimum atomic E-state index is -0.502. The normalized spacial score (nSPS) is 10.6. The summed E-state index contributed by atoms with van der Waals surface area (Å²) in [5, 5.41) is 25.3. The van der Waals surface area contributed by atoms with Gasteiger partial charge < -0.3 is 10.6 Å². The van der Waals surface area contributed by atoms with Crippen LogP contribution in [0.1, 0.15) is 16.2 Å².